The van der Waals surface area contributed by atoms with Crippen LogP contribution in [0.5, 0.6) is 0 Å². The molecular weight excluding hydrogens is 555 g/mol. The van der Waals surface area contributed by atoms with Crippen LogP contribution in [-0.4, -0.2) is 9.97 Å². The van der Waals surface area contributed by atoms with Crippen LogP contribution in [0.4, 0.5) is 0 Å². The van der Waals surface area contributed by atoms with E-state index in [0.29, 0.717) is 0 Å². The molecule has 0 unspecified atom stereocenters. The highest BCUT2D eigenvalue weighted by molar-refractivity contribution is 7.85. The fourth-order valence-electron chi connectivity index (χ4n) is 6.21. The van der Waals surface area contributed by atoms with Crippen LogP contribution in [0, 0.1) is 0 Å². The molecule has 44 heavy (non-hydrogen) atoms. The predicted molar refractivity (Wildman–Crippen MR) is 185 cm³/mol. The number of pyridine rings is 2. The summed E-state index contributed by atoms with van der Waals surface area (Å²) in [6, 6.07) is 52.9. The molecule has 0 fully saturated rings. The third-order valence-electron chi connectivity index (χ3n) is 8.35. The normalized spacial score (nSPS) is 11.7. The molecule has 208 valence electrons. The number of benzene rings is 6. The van der Waals surface area contributed by atoms with Crippen LogP contribution in [-0.2, 0) is 4.57 Å². The van der Waals surface area contributed by atoms with Gasteiger partial charge in [0.15, 0.2) is 7.14 Å². The van der Waals surface area contributed by atoms with Crippen molar-refractivity contribution < 1.29 is 4.57 Å². The number of rotatable bonds is 5. The van der Waals surface area contributed by atoms with Crippen molar-refractivity contribution in [2.24, 2.45) is 0 Å². The van der Waals surface area contributed by atoms with Gasteiger partial charge in [-0.05, 0) is 28.6 Å². The standard InChI is InChI=1S/C40H27N2OP/c43-44(32-17-6-2-7-18-32,33-19-8-3-9-20-33)34-21-12-16-29(25-34)30-23-24-36-37(26-30)42-39(28-13-4-1-5-14-28)40-38(36)35-22-11-10-15-31(35)27-41-40/h1-27H. The van der Waals surface area contributed by atoms with Gasteiger partial charge in [0.2, 0.25) is 0 Å². The number of nitrogens with zero attached hydrogens (tertiary/aromatic N) is 2. The molecule has 0 atom stereocenters. The molecule has 0 spiro atoms. The van der Waals surface area contributed by atoms with Gasteiger partial charge in [-0.3, -0.25) is 4.98 Å². The zero-order valence-electron chi connectivity index (χ0n) is 23.8. The quantitative estimate of drug-likeness (QED) is 0.150. The van der Waals surface area contributed by atoms with Crippen LogP contribution in [0.25, 0.3) is 55.0 Å². The Labute approximate surface area is 255 Å². The van der Waals surface area contributed by atoms with E-state index < -0.39 is 7.14 Å². The van der Waals surface area contributed by atoms with Gasteiger partial charge in [-0.25, -0.2) is 4.98 Å². The molecule has 4 heteroatoms. The summed E-state index contributed by atoms with van der Waals surface area (Å²) in [7, 11) is -3.10. The van der Waals surface area contributed by atoms with Crippen molar-refractivity contribution >= 4 is 55.6 Å². The summed E-state index contributed by atoms with van der Waals surface area (Å²) in [5.74, 6) is 0. The van der Waals surface area contributed by atoms with E-state index in [0.717, 1.165) is 70.9 Å². The number of hydrogen-bond acceptors (Lipinski definition) is 3. The summed E-state index contributed by atoms with van der Waals surface area (Å²) >= 11 is 0. The first kappa shape index (κ1) is 26.3. The molecule has 0 N–H and O–H groups in total. The average molecular weight is 583 g/mol. The Bertz CT molecular complexity index is 2310. The Morgan fingerprint density at radius 3 is 1.80 bits per heavy atom. The van der Waals surface area contributed by atoms with Gasteiger partial charge >= 0.3 is 0 Å². The maximum Gasteiger partial charge on any atom is 0.171 e. The Balaban J connectivity index is 1.35. The van der Waals surface area contributed by atoms with Gasteiger partial charge in [-0.2, -0.15) is 0 Å². The lowest BCUT2D eigenvalue weighted by Gasteiger charge is -2.20. The third-order valence-corrected chi connectivity index (χ3v) is 11.4. The van der Waals surface area contributed by atoms with Gasteiger partial charge in [0, 0.05) is 43.8 Å². The second-order valence-corrected chi connectivity index (χ2v) is 13.7. The number of aromatic nitrogens is 2. The van der Waals surface area contributed by atoms with E-state index in [-0.39, 0.29) is 0 Å². The maximum atomic E-state index is 15.1. The fourth-order valence-corrected chi connectivity index (χ4v) is 8.90. The third kappa shape index (κ3) is 4.33. The van der Waals surface area contributed by atoms with Crippen LogP contribution in [0.1, 0.15) is 0 Å². The van der Waals surface area contributed by atoms with Gasteiger partial charge in [0.1, 0.15) is 0 Å². The van der Waals surface area contributed by atoms with Crippen molar-refractivity contribution in [1.29, 1.82) is 0 Å². The van der Waals surface area contributed by atoms with Crippen LogP contribution < -0.4 is 15.9 Å². The SMILES string of the molecule is O=P(c1ccccc1)(c1ccccc1)c1cccc(-c2ccc3c(c2)nc(-c2ccccc2)c2ncc4ccccc4c23)c1. The summed E-state index contributed by atoms with van der Waals surface area (Å²) in [6.45, 7) is 0. The number of fused-ring (bicyclic) bond motifs is 5. The molecule has 8 rings (SSSR count). The van der Waals surface area contributed by atoms with Gasteiger partial charge < -0.3 is 4.57 Å². The molecule has 0 aliphatic carbocycles. The topological polar surface area (TPSA) is 42.9 Å². The Kier molecular flexibility index (Phi) is 6.40. The minimum atomic E-state index is -3.10. The smallest absolute Gasteiger partial charge is 0.171 e. The van der Waals surface area contributed by atoms with Crippen LogP contribution >= 0.6 is 7.14 Å². The minimum absolute atomic E-state index is 0.805. The van der Waals surface area contributed by atoms with Crippen LogP contribution in [0.3, 0.4) is 0 Å². The average Bonchev–Trinajstić information content (AvgIpc) is 3.11. The summed E-state index contributed by atoms with van der Waals surface area (Å²) in [4.78, 5) is 10.1. The van der Waals surface area contributed by atoms with Crippen molar-refractivity contribution in [3.8, 4) is 22.4 Å². The van der Waals surface area contributed by atoms with Crippen LogP contribution in [0.15, 0.2) is 164 Å². The van der Waals surface area contributed by atoms with Gasteiger partial charge in [-0.1, -0.05) is 146 Å². The molecule has 3 nitrogen and oxygen atoms in total. The van der Waals surface area contributed by atoms with E-state index in [4.69, 9.17) is 9.97 Å². The second-order valence-electron chi connectivity index (χ2n) is 11.0. The fraction of sp³-hybridized carbons (Fsp3) is 0. The van der Waals surface area contributed by atoms with Crippen molar-refractivity contribution in [2.75, 3.05) is 0 Å². The summed E-state index contributed by atoms with van der Waals surface area (Å²) in [6.07, 6.45) is 1.94. The van der Waals surface area contributed by atoms with Crippen molar-refractivity contribution in [1.82, 2.24) is 9.97 Å². The molecule has 0 aliphatic rings. The van der Waals surface area contributed by atoms with Gasteiger partial charge in [-0.15, -0.1) is 0 Å². The first-order valence-corrected chi connectivity index (χ1v) is 16.4. The molecule has 2 aromatic heterocycles. The molecule has 0 saturated carbocycles. The lowest BCUT2D eigenvalue weighted by atomic mass is 9.97. The lowest BCUT2D eigenvalue weighted by Crippen LogP contribution is -2.25. The van der Waals surface area contributed by atoms with Crippen LogP contribution in [0.2, 0.25) is 0 Å². The molecule has 0 saturated heterocycles. The monoisotopic (exact) mass is 582 g/mol. The Morgan fingerprint density at radius 2 is 1.07 bits per heavy atom. The predicted octanol–water partition coefficient (Wildman–Crippen LogP) is 8.91. The van der Waals surface area contributed by atoms with Gasteiger partial charge in [0.05, 0.1) is 16.7 Å². The second kappa shape index (κ2) is 10.7. The summed E-state index contributed by atoms with van der Waals surface area (Å²) in [5.41, 5.74) is 5.70. The van der Waals surface area contributed by atoms with Crippen molar-refractivity contribution in [3.05, 3.63) is 164 Å². The first-order valence-electron chi connectivity index (χ1n) is 14.7. The van der Waals surface area contributed by atoms with E-state index in [9.17, 15) is 0 Å². The zero-order valence-corrected chi connectivity index (χ0v) is 24.7. The molecule has 0 radical (unpaired) electrons. The Hall–Kier alpha value is -5.37. The lowest BCUT2D eigenvalue weighted by molar-refractivity contribution is 0.592. The first-order chi connectivity index (χ1) is 21.7. The largest absolute Gasteiger partial charge is 0.309 e. The number of hydrogen-bond donors (Lipinski definition) is 0. The summed E-state index contributed by atoms with van der Waals surface area (Å²) in [5, 5.41) is 6.86. The van der Waals surface area contributed by atoms with Crippen molar-refractivity contribution in [2.45, 2.75) is 0 Å². The minimum Gasteiger partial charge on any atom is -0.309 e. The molecule has 0 amide bonds. The summed E-state index contributed by atoms with van der Waals surface area (Å²) < 4.78 is 15.1. The molecule has 0 bridgehead atoms. The zero-order chi connectivity index (χ0) is 29.5. The molecular formula is C40H27N2OP. The maximum absolute atomic E-state index is 15.1. The highest BCUT2D eigenvalue weighted by Crippen LogP contribution is 2.43. The van der Waals surface area contributed by atoms with E-state index in [1.807, 2.05) is 103 Å². The molecule has 0 aliphatic heterocycles. The van der Waals surface area contributed by atoms with E-state index in [1.54, 1.807) is 0 Å². The highest BCUT2D eigenvalue weighted by Gasteiger charge is 2.29. The molecule has 6 aromatic carbocycles. The molecule has 8 aromatic rings. The van der Waals surface area contributed by atoms with E-state index in [1.165, 1.54) is 0 Å². The van der Waals surface area contributed by atoms with E-state index in [2.05, 4.69) is 60.7 Å². The highest BCUT2D eigenvalue weighted by atomic mass is 31.2. The Morgan fingerprint density at radius 1 is 0.477 bits per heavy atom. The molecule has 2 heterocycles. The van der Waals surface area contributed by atoms with E-state index >= 15 is 4.57 Å². The van der Waals surface area contributed by atoms with Crippen molar-refractivity contribution in [3.63, 3.8) is 0 Å². The van der Waals surface area contributed by atoms with Gasteiger partial charge in [0.25, 0.3) is 0 Å².